The van der Waals surface area contributed by atoms with E-state index in [0.717, 1.165) is 0 Å². The molecule has 1 amide bonds. The molecule has 0 aliphatic rings. The summed E-state index contributed by atoms with van der Waals surface area (Å²) in [6.07, 6.45) is 2.92. The predicted molar refractivity (Wildman–Crippen MR) is 129 cm³/mol. The number of allylic oxidation sites excluding steroid dienone is 1. The van der Waals surface area contributed by atoms with Crippen LogP contribution in [0.1, 0.15) is 29.9 Å². The van der Waals surface area contributed by atoms with Crippen LogP contribution in [0.25, 0.3) is 6.08 Å². The lowest BCUT2D eigenvalue weighted by Gasteiger charge is -2.14. The minimum absolute atomic E-state index is 0.0341. The van der Waals surface area contributed by atoms with E-state index in [1.54, 1.807) is 40.6 Å². The van der Waals surface area contributed by atoms with Gasteiger partial charge in [0.1, 0.15) is 5.75 Å². The van der Waals surface area contributed by atoms with Gasteiger partial charge in [-0.1, -0.05) is 0 Å². The average Bonchev–Trinajstić information content (AvgIpc) is 3.26. The molecule has 3 rings (SSSR count). The van der Waals surface area contributed by atoms with Crippen LogP contribution in [0.4, 0.5) is 10.8 Å². The van der Waals surface area contributed by atoms with E-state index in [2.05, 4.69) is 9.71 Å². The summed E-state index contributed by atoms with van der Waals surface area (Å²) in [6, 6.07) is 12.2. The Hall–Kier alpha value is -3.50. The van der Waals surface area contributed by atoms with Gasteiger partial charge in [0, 0.05) is 30.1 Å². The Morgan fingerprint density at radius 3 is 2.36 bits per heavy atom. The van der Waals surface area contributed by atoms with Crippen LogP contribution >= 0.6 is 11.3 Å². The third-order valence-corrected chi connectivity index (χ3v) is 6.91. The van der Waals surface area contributed by atoms with Gasteiger partial charge in [-0.3, -0.25) is 19.2 Å². The van der Waals surface area contributed by atoms with Crippen molar-refractivity contribution >= 4 is 49.9 Å². The lowest BCUT2D eigenvalue weighted by Crippen LogP contribution is -2.27. The van der Waals surface area contributed by atoms with E-state index >= 15 is 0 Å². The van der Waals surface area contributed by atoms with Crippen molar-refractivity contribution in [3.05, 3.63) is 71.2 Å². The molecule has 0 atom stereocenters. The highest BCUT2D eigenvalue weighted by Crippen LogP contribution is 2.22. The van der Waals surface area contributed by atoms with Crippen molar-refractivity contribution in [2.24, 2.45) is 0 Å². The smallest absolute Gasteiger partial charge is 0.261 e. The van der Waals surface area contributed by atoms with Crippen LogP contribution in [0.3, 0.4) is 0 Å². The molecule has 10 heteroatoms. The van der Waals surface area contributed by atoms with Gasteiger partial charge in [0.15, 0.2) is 10.9 Å². The summed E-state index contributed by atoms with van der Waals surface area (Å²) >= 11 is 1.32. The Balaban J connectivity index is 1.68. The largest absolute Gasteiger partial charge is 0.497 e. The van der Waals surface area contributed by atoms with E-state index in [1.807, 2.05) is 6.92 Å². The van der Waals surface area contributed by atoms with Crippen molar-refractivity contribution in [3.63, 3.8) is 0 Å². The van der Waals surface area contributed by atoms with Gasteiger partial charge in [0.05, 0.1) is 17.7 Å². The first-order chi connectivity index (χ1) is 15.7. The topological polar surface area (TPSA) is 106 Å². The molecule has 1 N–H and O–H groups in total. The molecule has 0 saturated carbocycles. The Morgan fingerprint density at radius 2 is 1.79 bits per heavy atom. The van der Waals surface area contributed by atoms with E-state index in [0.29, 0.717) is 34.4 Å². The number of benzene rings is 2. The standard InChI is InChI=1S/C23H23N3O5S2/c1-4-26(16(2)27)23-24-19(15-32-23)9-14-22(28)17-5-12-21(13-6-17)33(29,30)25-18-7-10-20(31-3)11-8-18/h5-15,25H,4H2,1-3H3/b14-9+. The number of carbonyl (C=O) groups is 2. The number of ketones is 1. The summed E-state index contributed by atoms with van der Waals surface area (Å²) in [5, 5.41) is 2.32. The molecule has 33 heavy (non-hydrogen) atoms. The number of hydrogen-bond donors (Lipinski definition) is 1. The number of thiazole rings is 1. The Morgan fingerprint density at radius 1 is 1.12 bits per heavy atom. The lowest BCUT2D eigenvalue weighted by molar-refractivity contribution is -0.116. The van der Waals surface area contributed by atoms with E-state index in [-0.39, 0.29) is 16.6 Å². The number of ether oxygens (including phenoxy) is 1. The fraction of sp³-hybridized carbons (Fsp3) is 0.174. The van der Waals surface area contributed by atoms with Gasteiger partial charge >= 0.3 is 0 Å². The summed E-state index contributed by atoms with van der Waals surface area (Å²) in [6.45, 7) is 3.84. The second-order valence-corrected chi connectivity index (χ2v) is 9.39. The maximum atomic E-state index is 12.6. The molecule has 0 unspecified atom stereocenters. The molecule has 0 fully saturated rings. The number of aromatic nitrogens is 1. The zero-order chi connectivity index (χ0) is 24.0. The van der Waals surface area contributed by atoms with Gasteiger partial charge in [-0.25, -0.2) is 13.4 Å². The third kappa shape index (κ3) is 6.05. The monoisotopic (exact) mass is 485 g/mol. The SMILES string of the molecule is CCN(C(C)=O)c1nc(/C=C/C(=O)c2ccc(S(=O)(=O)Nc3ccc(OC)cc3)cc2)cs1. The normalized spacial score (nSPS) is 11.4. The van der Waals surface area contributed by atoms with Crippen LogP contribution in [-0.4, -0.2) is 38.7 Å². The number of methoxy groups -OCH3 is 1. The van der Waals surface area contributed by atoms with E-state index in [4.69, 9.17) is 4.74 Å². The molecule has 0 spiro atoms. The molecule has 2 aromatic carbocycles. The molecule has 172 valence electrons. The van der Waals surface area contributed by atoms with Crippen molar-refractivity contribution in [2.45, 2.75) is 18.7 Å². The predicted octanol–water partition coefficient (Wildman–Crippen LogP) is 4.22. The summed E-state index contributed by atoms with van der Waals surface area (Å²) in [7, 11) is -2.28. The van der Waals surface area contributed by atoms with Gasteiger partial charge < -0.3 is 4.74 Å². The Kier molecular flexibility index (Phi) is 7.62. The van der Waals surface area contributed by atoms with Crippen molar-refractivity contribution < 1.29 is 22.7 Å². The quantitative estimate of drug-likeness (QED) is 0.359. The summed E-state index contributed by atoms with van der Waals surface area (Å²) in [5.41, 5.74) is 1.29. The zero-order valence-corrected chi connectivity index (χ0v) is 19.9. The highest BCUT2D eigenvalue weighted by Gasteiger charge is 2.15. The average molecular weight is 486 g/mol. The molecule has 1 aromatic heterocycles. The van der Waals surface area contributed by atoms with Gasteiger partial charge in [-0.2, -0.15) is 0 Å². The molecule has 8 nitrogen and oxygen atoms in total. The summed E-state index contributed by atoms with van der Waals surface area (Å²) in [5.74, 6) is 0.217. The molecule has 0 aliphatic heterocycles. The van der Waals surface area contributed by atoms with Crippen LogP contribution in [0.5, 0.6) is 5.75 Å². The highest BCUT2D eigenvalue weighted by molar-refractivity contribution is 7.92. The molecule has 0 bridgehead atoms. The van der Waals surface area contributed by atoms with Crippen molar-refractivity contribution in [1.82, 2.24) is 4.98 Å². The van der Waals surface area contributed by atoms with Gasteiger partial charge in [0.25, 0.3) is 10.0 Å². The molecule has 0 aliphatic carbocycles. The maximum Gasteiger partial charge on any atom is 0.261 e. The zero-order valence-electron chi connectivity index (χ0n) is 18.3. The number of carbonyl (C=O) groups excluding carboxylic acids is 2. The minimum atomic E-state index is -3.81. The van der Waals surface area contributed by atoms with Crippen LogP contribution in [0, 0.1) is 0 Å². The van der Waals surface area contributed by atoms with Crippen LogP contribution in [-0.2, 0) is 14.8 Å². The summed E-state index contributed by atoms with van der Waals surface area (Å²) < 4.78 is 32.8. The van der Waals surface area contributed by atoms with Crippen molar-refractivity contribution in [2.75, 3.05) is 23.3 Å². The van der Waals surface area contributed by atoms with Crippen LogP contribution in [0.15, 0.2) is 64.9 Å². The fourth-order valence-corrected chi connectivity index (χ4v) is 4.86. The number of anilines is 2. The molecular weight excluding hydrogens is 462 g/mol. The first kappa shape index (κ1) is 24.1. The number of hydrogen-bond acceptors (Lipinski definition) is 7. The third-order valence-electron chi connectivity index (χ3n) is 4.63. The van der Waals surface area contributed by atoms with Gasteiger partial charge in [0.2, 0.25) is 5.91 Å². The van der Waals surface area contributed by atoms with E-state index in [1.165, 1.54) is 55.7 Å². The Labute approximate surface area is 196 Å². The number of rotatable bonds is 9. The number of amides is 1. The molecule has 0 radical (unpaired) electrons. The number of sulfonamides is 1. The van der Waals surface area contributed by atoms with Gasteiger partial charge in [-0.15, -0.1) is 11.3 Å². The first-order valence-corrected chi connectivity index (χ1v) is 12.3. The van der Waals surface area contributed by atoms with Crippen LogP contribution < -0.4 is 14.4 Å². The van der Waals surface area contributed by atoms with Crippen molar-refractivity contribution in [1.29, 1.82) is 0 Å². The van der Waals surface area contributed by atoms with E-state index < -0.39 is 10.0 Å². The highest BCUT2D eigenvalue weighted by atomic mass is 32.2. The minimum Gasteiger partial charge on any atom is -0.497 e. The fourth-order valence-electron chi connectivity index (χ4n) is 2.90. The molecular formula is C23H23N3O5S2. The van der Waals surface area contributed by atoms with Crippen molar-refractivity contribution in [3.8, 4) is 5.75 Å². The first-order valence-electron chi connectivity index (χ1n) is 9.96. The second kappa shape index (κ2) is 10.4. The molecule has 0 saturated heterocycles. The van der Waals surface area contributed by atoms with Gasteiger partial charge in [-0.05, 0) is 67.6 Å². The number of nitrogens with zero attached hydrogens (tertiary/aromatic N) is 2. The Bertz CT molecular complexity index is 1260. The number of nitrogens with one attached hydrogen (secondary N) is 1. The lowest BCUT2D eigenvalue weighted by atomic mass is 10.1. The van der Waals surface area contributed by atoms with E-state index in [9.17, 15) is 18.0 Å². The second-order valence-electron chi connectivity index (χ2n) is 6.87. The molecule has 3 aromatic rings. The van der Waals surface area contributed by atoms with Crippen LogP contribution in [0.2, 0.25) is 0 Å². The summed E-state index contributed by atoms with van der Waals surface area (Å²) in [4.78, 5) is 30.0. The maximum absolute atomic E-state index is 12.6. The molecule has 1 heterocycles.